The summed E-state index contributed by atoms with van der Waals surface area (Å²) in [7, 11) is 0.145. The van der Waals surface area contributed by atoms with Gasteiger partial charge in [-0.25, -0.2) is 17.2 Å². The Hall–Kier alpha value is -1.58. The smallest absolute Gasteiger partial charge is 0.239 e. The number of amides is 1. The minimum absolute atomic E-state index is 0.177. The molecule has 1 rings (SSSR count). The van der Waals surface area contributed by atoms with E-state index in [1.54, 1.807) is 0 Å². The van der Waals surface area contributed by atoms with Crippen molar-refractivity contribution in [3.8, 4) is 0 Å². The number of anilines is 1. The number of sulfonamides is 1. The molecule has 0 heterocycles. The Bertz CT molecular complexity index is 651. The number of carbonyl (C=O) groups is 1. The van der Waals surface area contributed by atoms with Crippen LogP contribution in [0.1, 0.15) is 6.42 Å². The fourth-order valence-electron chi connectivity index (χ4n) is 1.87. The summed E-state index contributed by atoms with van der Waals surface area (Å²) in [6.45, 7) is 0.416. The van der Waals surface area contributed by atoms with E-state index >= 15 is 0 Å². The Morgan fingerprint density at radius 2 is 1.87 bits per heavy atom. The fraction of sp³-hybridized carbons (Fsp3) is 0.500. The van der Waals surface area contributed by atoms with E-state index in [0.717, 1.165) is 22.7 Å². The van der Waals surface area contributed by atoms with Gasteiger partial charge in [0.15, 0.2) is 0 Å². The minimum Gasteiger partial charge on any atom is -0.322 e. The zero-order valence-corrected chi connectivity index (χ0v) is 14.2. The first-order chi connectivity index (χ1) is 10.6. The van der Waals surface area contributed by atoms with Gasteiger partial charge in [0.2, 0.25) is 15.9 Å². The molecule has 0 aliphatic rings. The Morgan fingerprint density at radius 3 is 2.39 bits per heavy atom. The second-order valence-electron chi connectivity index (χ2n) is 5.43. The zero-order chi connectivity index (χ0) is 17.6. The van der Waals surface area contributed by atoms with Gasteiger partial charge in [-0.3, -0.25) is 4.79 Å². The Morgan fingerprint density at radius 1 is 1.22 bits per heavy atom. The molecule has 6 nitrogen and oxygen atoms in total. The molecule has 9 heteroatoms. The molecule has 0 spiro atoms. The van der Waals surface area contributed by atoms with Crippen LogP contribution in [0, 0.1) is 11.6 Å². The number of carbonyl (C=O) groups excluding carboxylic acids is 1. The van der Waals surface area contributed by atoms with E-state index in [9.17, 15) is 22.0 Å². The number of nitrogens with one attached hydrogen (secondary N) is 1. The molecule has 1 N–H and O–H groups in total. The SMILES string of the molecule is CN(C)CCCN(CC(=O)Nc1ccc(F)cc1F)S(C)(=O)=O. The van der Waals surface area contributed by atoms with Crippen LogP contribution >= 0.6 is 0 Å². The number of benzene rings is 1. The molecule has 0 atom stereocenters. The molecule has 0 aliphatic carbocycles. The molecule has 130 valence electrons. The van der Waals surface area contributed by atoms with Crippen LogP contribution in [-0.2, 0) is 14.8 Å². The van der Waals surface area contributed by atoms with Crippen molar-refractivity contribution >= 4 is 21.6 Å². The monoisotopic (exact) mass is 349 g/mol. The molecule has 0 unspecified atom stereocenters. The second-order valence-corrected chi connectivity index (χ2v) is 7.41. The summed E-state index contributed by atoms with van der Waals surface area (Å²) in [5.41, 5.74) is -0.196. The van der Waals surface area contributed by atoms with Gasteiger partial charge in [-0.2, -0.15) is 4.31 Å². The Balaban J connectivity index is 2.69. The van der Waals surface area contributed by atoms with Crippen LogP contribution in [0.25, 0.3) is 0 Å². The summed E-state index contributed by atoms with van der Waals surface area (Å²) in [6, 6.07) is 2.73. The molecule has 0 aromatic heterocycles. The van der Waals surface area contributed by atoms with Gasteiger partial charge >= 0.3 is 0 Å². The summed E-state index contributed by atoms with van der Waals surface area (Å²) >= 11 is 0. The van der Waals surface area contributed by atoms with Crippen LogP contribution in [-0.4, -0.2) is 63.5 Å². The van der Waals surface area contributed by atoms with Crippen LogP contribution in [0.3, 0.4) is 0 Å². The molecule has 1 amide bonds. The molecule has 0 saturated carbocycles. The first-order valence-corrected chi connectivity index (χ1v) is 8.79. The van der Waals surface area contributed by atoms with E-state index in [2.05, 4.69) is 5.32 Å². The third kappa shape index (κ3) is 7.02. The van der Waals surface area contributed by atoms with E-state index in [1.807, 2.05) is 19.0 Å². The molecule has 0 bridgehead atoms. The van der Waals surface area contributed by atoms with Gasteiger partial charge in [-0.1, -0.05) is 0 Å². The largest absolute Gasteiger partial charge is 0.322 e. The van der Waals surface area contributed by atoms with Gasteiger partial charge < -0.3 is 10.2 Å². The topological polar surface area (TPSA) is 69.7 Å². The Labute approximate surface area is 135 Å². The summed E-state index contributed by atoms with van der Waals surface area (Å²) in [5, 5.41) is 2.24. The average Bonchev–Trinajstić information content (AvgIpc) is 2.39. The van der Waals surface area contributed by atoms with Gasteiger partial charge in [0, 0.05) is 12.6 Å². The normalized spacial score (nSPS) is 12.0. The lowest BCUT2D eigenvalue weighted by Crippen LogP contribution is -2.38. The maximum atomic E-state index is 13.5. The van der Waals surface area contributed by atoms with Gasteiger partial charge in [0.1, 0.15) is 11.6 Å². The molecule has 0 saturated heterocycles. The molecular formula is C14H21F2N3O3S. The molecule has 0 aliphatic heterocycles. The van der Waals surface area contributed by atoms with Crippen molar-refractivity contribution in [2.45, 2.75) is 6.42 Å². The highest BCUT2D eigenvalue weighted by molar-refractivity contribution is 7.88. The van der Waals surface area contributed by atoms with E-state index < -0.39 is 34.1 Å². The summed E-state index contributed by atoms with van der Waals surface area (Å²) in [5.74, 6) is -2.37. The number of rotatable bonds is 8. The molecule has 0 radical (unpaired) electrons. The van der Waals surface area contributed by atoms with Gasteiger partial charge in [-0.15, -0.1) is 0 Å². The number of hydrogen-bond acceptors (Lipinski definition) is 4. The van der Waals surface area contributed by atoms with Gasteiger partial charge in [0.05, 0.1) is 18.5 Å². The predicted molar refractivity (Wildman–Crippen MR) is 84.6 cm³/mol. The minimum atomic E-state index is -3.57. The molecule has 1 aromatic rings. The average molecular weight is 349 g/mol. The van der Waals surface area contributed by atoms with Crippen molar-refractivity contribution in [1.29, 1.82) is 0 Å². The molecular weight excluding hydrogens is 328 g/mol. The summed E-state index contributed by atoms with van der Waals surface area (Å²) < 4.78 is 50.7. The van der Waals surface area contributed by atoms with E-state index in [1.165, 1.54) is 0 Å². The first kappa shape index (κ1) is 19.5. The van der Waals surface area contributed by atoms with Crippen molar-refractivity contribution in [3.63, 3.8) is 0 Å². The standard InChI is InChI=1S/C14H21F2N3O3S/c1-18(2)7-4-8-19(23(3,21)22)10-14(20)17-13-6-5-11(15)9-12(13)16/h5-6,9H,4,7-8,10H2,1-3H3,(H,17,20). The van der Waals surface area contributed by atoms with E-state index in [0.29, 0.717) is 19.0 Å². The maximum Gasteiger partial charge on any atom is 0.239 e. The number of halogens is 2. The van der Waals surface area contributed by atoms with Crippen molar-refractivity contribution in [1.82, 2.24) is 9.21 Å². The van der Waals surface area contributed by atoms with Crippen LogP contribution in [0.15, 0.2) is 18.2 Å². The predicted octanol–water partition coefficient (Wildman–Crippen LogP) is 1.12. The summed E-state index contributed by atoms with van der Waals surface area (Å²) in [6.07, 6.45) is 1.56. The van der Waals surface area contributed by atoms with Crippen molar-refractivity contribution < 1.29 is 22.0 Å². The molecule has 23 heavy (non-hydrogen) atoms. The van der Waals surface area contributed by atoms with E-state index in [4.69, 9.17) is 0 Å². The zero-order valence-electron chi connectivity index (χ0n) is 13.3. The van der Waals surface area contributed by atoms with Gasteiger partial charge in [-0.05, 0) is 39.2 Å². The fourth-order valence-corrected chi connectivity index (χ4v) is 2.68. The third-order valence-corrected chi connectivity index (χ3v) is 4.26. The van der Waals surface area contributed by atoms with Crippen LogP contribution in [0.5, 0.6) is 0 Å². The lowest BCUT2D eigenvalue weighted by Gasteiger charge is -2.20. The Kier molecular flexibility index (Phi) is 7.04. The second kappa shape index (κ2) is 8.32. The van der Waals surface area contributed by atoms with Crippen molar-refractivity contribution in [3.05, 3.63) is 29.8 Å². The van der Waals surface area contributed by atoms with Crippen LogP contribution in [0.4, 0.5) is 14.5 Å². The quantitative estimate of drug-likeness (QED) is 0.763. The van der Waals surface area contributed by atoms with Crippen LogP contribution in [0.2, 0.25) is 0 Å². The number of hydrogen-bond donors (Lipinski definition) is 1. The maximum absolute atomic E-state index is 13.5. The first-order valence-electron chi connectivity index (χ1n) is 6.94. The highest BCUT2D eigenvalue weighted by Crippen LogP contribution is 2.15. The molecule has 0 fully saturated rings. The molecule has 1 aromatic carbocycles. The summed E-state index contributed by atoms with van der Waals surface area (Å²) in [4.78, 5) is 13.8. The van der Waals surface area contributed by atoms with E-state index in [-0.39, 0.29) is 12.2 Å². The van der Waals surface area contributed by atoms with Gasteiger partial charge in [0.25, 0.3) is 0 Å². The van der Waals surface area contributed by atoms with Crippen molar-refractivity contribution in [2.75, 3.05) is 45.3 Å². The number of nitrogens with zero attached hydrogens (tertiary/aromatic N) is 2. The highest BCUT2D eigenvalue weighted by atomic mass is 32.2. The lowest BCUT2D eigenvalue weighted by molar-refractivity contribution is -0.116. The highest BCUT2D eigenvalue weighted by Gasteiger charge is 2.20. The third-order valence-electron chi connectivity index (χ3n) is 3.01. The van der Waals surface area contributed by atoms with Crippen molar-refractivity contribution in [2.24, 2.45) is 0 Å². The lowest BCUT2D eigenvalue weighted by atomic mass is 10.3. The van der Waals surface area contributed by atoms with Crippen LogP contribution < -0.4 is 5.32 Å².